The highest BCUT2D eigenvalue weighted by Crippen LogP contribution is 2.30. The van der Waals surface area contributed by atoms with Gasteiger partial charge < -0.3 is 9.52 Å². The zero-order valence-corrected chi connectivity index (χ0v) is 8.83. The van der Waals surface area contributed by atoms with Gasteiger partial charge in [-0.15, -0.1) is 0 Å². The smallest absolute Gasteiger partial charge is 0.371 e. The van der Waals surface area contributed by atoms with Crippen molar-refractivity contribution in [3.05, 3.63) is 48.0 Å². The number of furan rings is 1. The molecule has 0 saturated carbocycles. The Hall–Kier alpha value is -1.75. The molecule has 0 saturated heterocycles. The van der Waals surface area contributed by atoms with Gasteiger partial charge in [0.2, 0.25) is 5.76 Å². The average Bonchev–Trinajstić information content (AvgIpc) is 2.70. The third kappa shape index (κ3) is 2.25. The number of halogens is 1. The second kappa shape index (κ2) is 4.40. The van der Waals surface area contributed by atoms with Crippen molar-refractivity contribution in [3.63, 3.8) is 0 Å². The van der Waals surface area contributed by atoms with E-state index in [9.17, 15) is 9.18 Å². The minimum absolute atomic E-state index is 0.154. The van der Waals surface area contributed by atoms with Crippen LogP contribution in [0.3, 0.4) is 0 Å². The summed E-state index contributed by atoms with van der Waals surface area (Å²) in [7, 11) is 0. The number of benzene rings is 1. The van der Waals surface area contributed by atoms with Crippen molar-refractivity contribution in [1.29, 1.82) is 0 Å². The van der Waals surface area contributed by atoms with Crippen LogP contribution in [-0.4, -0.2) is 11.1 Å². The van der Waals surface area contributed by atoms with Crippen LogP contribution in [-0.2, 0) is 0 Å². The molecule has 1 heterocycles. The molecule has 0 aliphatic rings. The summed E-state index contributed by atoms with van der Waals surface area (Å²) in [5.74, 6) is -1.65. The van der Waals surface area contributed by atoms with Crippen LogP contribution >= 0.6 is 11.8 Å². The second-order valence-electron chi connectivity index (χ2n) is 2.96. The first kappa shape index (κ1) is 10.8. The van der Waals surface area contributed by atoms with Gasteiger partial charge in [-0.1, -0.05) is 12.1 Å². The number of rotatable bonds is 3. The van der Waals surface area contributed by atoms with Gasteiger partial charge in [0, 0.05) is 0 Å². The van der Waals surface area contributed by atoms with E-state index in [1.165, 1.54) is 18.2 Å². The molecule has 2 aromatic rings. The van der Waals surface area contributed by atoms with Crippen molar-refractivity contribution in [2.24, 2.45) is 0 Å². The van der Waals surface area contributed by atoms with Crippen molar-refractivity contribution >= 4 is 17.7 Å². The minimum atomic E-state index is -1.14. The van der Waals surface area contributed by atoms with Gasteiger partial charge in [-0.3, -0.25) is 0 Å². The first-order valence-corrected chi connectivity index (χ1v) is 5.24. The predicted molar refractivity (Wildman–Crippen MR) is 56.2 cm³/mol. The normalized spacial score (nSPS) is 10.3. The number of hydrogen-bond acceptors (Lipinski definition) is 3. The fraction of sp³-hybridized carbons (Fsp3) is 0. The van der Waals surface area contributed by atoms with E-state index in [-0.39, 0.29) is 11.6 Å². The first-order valence-electron chi connectivity index (χ1n) is 4.42. The lowest BCUT2D eigenvalue weighted by atomic mass is 10.3. The largest absolute Gasteiger partial charge is 0.475 e. The molecule has 2 rings (SSSR count). The zero-order valence-electron chi connectivity index (χ0n) is 8.01. The molecule has 0 aliphatic heterocycles. The van der Waals surface area contributed by atoms with Crippen molar-refractivity contribution < 1.29 is 18.7 Å². The topological polar surface area (TPSA) is 50.4 Å². The van der Waals surface area contributed by atoms with E-state index in [0.29, 0.717) is 9.99 Å². The molecular formula is C11H7FO3S. The lowest BCUT2D eigenvalue weighted by molar-refractivity contribution is 0.0656. The Kier molecular flexibility index (Phi) is 2.96. The van der Waals surface area contributed by atoms with Gasteiger partial charge in [0.05, 0.1) is 4.90 Å². The molecule has 1 aromatic heterocycles. The van der Waals surface area contributed by atoms with Gasteiger partial charge in [0.25, 0.3) is 0 Å². The molecule has 0 bridgehead atoms. The average molecular weight is 238 g/mol. The van der Waals surface area contributed by atoms with E-state index in [0.717, 1.165) is 11.8 Å². The van der Waals surface area contributed by atoms with Crippen molar-refractivity contribution in [3.8, 4) is 0 Å². The fourth-order valence-electron chi connectivity index (χ4n) is 1.13. The molecule has 3 nitrogen and oxygen atoms in total. The van der Waals surface area contributed by atoms with Gasteiger partial charge in [-0.2, -0.15) is 0 Å². The third-order valence-electron chi connectivity index (χ3n) is 1.84. The third-order valence-corrected chi connectivity index (χ3v) is 2.81. The summed E-state index contributed by atoms with van der Waals surface area (Å²) in [5.41, 5.74) is 0. The fourth-order valence-corrected chi connectivity index (χ4v) is 1.92. The molecule has 5 heteroatoms. The second-order valence-corrected chi connectivity index (χ2v) is 4.00. The van der Waals surface area contributed by atoms with Gasteiger partial charge in [-0.25, -0.2) is 9.18 Å². The number of aromatic carboxylic acids is 1. The van der Waals surface area contributed by atoms with Gasteiger partial charge >= 0.3 is 5.97 Å². The van der Waals surface area contributed by atoms with Crippen LogP contribution in [0.4, 0.5) is 4.39 Å². The Labute approximate surface area is 94.9 Å². The predicted octanol–water partition coefficient (Wildman–Crippen LogP) is 3.27. The zero-order chi connectivity index (χ0) is 11.5. The summed E-state index contributed by atoms with van der Waals surface area (Å²) < 4.78 is 18.3. The Morgan fingerprint density at radius 2 is 2.00 bits per heavy atom. The van der Waals surface area contributed by atoms with E-state index in [1.54, 1.807) is 18.2 Å². The van der Waals surface area contributed by atoms with E-state index in [1.807, 2.05) is 0 Å². The number of carbonyl (C=O) groups is 1. The number of carboxylic acids is 1. The lowest BCUT2D eigenvalue weighted by Crippen LogP contribution is -1.91. The van der Waals surface area contributed by atoms with E-state index in [4.69, 9.17) is 9.52 Å². The van der Waals surface area contributed by atoms with Gasteiger partial charge in [0.15, 0.2) is 5.09 Å². The molecule has 16 heavy (non-hydrogen) atoms. The molecule has 0 radical (unpaired) electrons. The SMILES string of the molecule is O=C(O)c1ccc(Sc2ccccc2F)o1. The summed E-state index contributed by atoms with van der Waals surface area (Å²) in [4.78, 5) is 11.0. The van der Waals surface area contributed by atoms with E-state index in [2.05, 4.69) is 0 Å². The van der Waals surface area contributed by atoms with E-state index >= 15 is 0 Å². The first-order chi connectivity index (χ1) is 7.66. The van der Waals surface area contributed by atoms with E-state index < -0.39 is 5.97 Å². The van der Waals surface area contributed by atoms with Crippen LogP contribution in [0.2, 0.25) is 0 Å². The van der Waals surface area contributed by atoms with Crippen molar-refractivity contribution in [1.82, 2.24) is 0 Å². The highest BCUT2D eigenvalue weighted by molar-refractivity contribution is 7.99. The van der Waals surface area contributed by atoms with Crippen LogP contribution in [0.25, 0.3) is 0 Å². The molecule has 0 spiro atoms. The Morgan fingerprint density at radius 1 is 1.25 bits per heavy atom. The Morgan fingerprint density at radius 3 is 2.62 bits per heavy atom. The molecule has 0 unspecified atom stereocenters. The summed E-state index contributed by atoms with van der Waals surface area (Å²) >= 11 is 1.05. The molecule has 0 fully saturated rings. The molecule has 1 aromatic carbocycles. The molecular weight excluding hydrogens is 231 g/mol. The van der Waals surface area contributed by atoms with Crippen LogP contribution in [0.1, 0.15) is 10.6 Å². The molecule has 1 N–H and O–H groups in total. The number of hydrogen-bond donors (Lipinski definition) is 1. The quantitative estimate of drug-likeness (QED) is 0.891. The van der Waals surface area contributed by atoms with Gasteiger partial charge in [0.1, 0.15) is 5.82 Å². The summed E-state index contributed by atoms with van der Waals surface area (Å²) in [6.45, 7) is 0. The highest BCUT2D eigenvalue weighted by atomic mass is 32.2. The standard InChI is InChI=1S/C11H7FO3S/c12-7-3-1-2-4-9(7)16-10-6-5-8(15-10)11(13)14/h1-6H,(H,13,14). The summed E-state index contributed by atoms with van der Waals surface area (Å²) in [5, 5.41) is 8.99. The molecule has 0 aliphatic carbocycles. The maximum atomic E-state index is 13.3. The molecule has 82 valence electrons. The van der Waals surface area contributed by atoms with Crippen LogP contribution in [0.5, 0.6) is 0 Å². The lowest BCUT2D eigenvalue weighted by Gasteiger charge is -1.98. The highest BCUT2D eigenvalue weighted by Gasteiger charge is 2.11. The maximum Gasteiger partial charge on any atom is 0.371 e. The minimum Gasteiger partial charge on any atom is -0.475 e. The Bertz CT molecular complexity index is 521. The maximum absolute atomic E-state index is 13.3. The monoisotopic (exact) mass is 238 g/mol. The summed E-state index contributed by atoms with van der Waals surface area (Å²) in [6, 6.07) is 9.06. The van der Waals surface area contributed by atoms with Crippen LogP contribution in [0.15, 0.2) is 50.8 Å². The molecule has 0 amide bonds. The van der Waals surface area contributed by atoms with Crippen LogP contribution < -0.4 is 0 Å². The summed E-state index contributed by atoms with van der Waals surface area (Å²) in [6.07, 6.45) is 0. The molecule has 0 atom stereocenters. The van der Waals surface area contributed by atoms with Crippen LogP contribution in [0, 0.1) is 5.82 Å². The van der Waals surface area contributed by atoms with Gasteiger partial charge in [-0.05, 0) is 36.0 Å². The number of carboxylic acid groups (broad SMARTS) is 1. The van der Waals surface area contributed by atoms with Crippen molar-refractivity contribution in [2.45, 2.75) is 9.99 Å². The Balaban J connectivity index is 2.21. The van der Waals surface area contributed by atoms with Crippen molar-refractivity contribution in [2.75, 3.05) is 0 Å².